The minimum Gasteiger partial charge on any atom is -0.480 e. The van der Waals surface area contributed by atoms with Crippen LogP contribution in [0.2, 0.25) is 0 Å². The first-order valence-electron chi connectivity index (χ1n) is 2.92. The van der Waals surface area contributed by atoms with Gasteiger partial charge in [0.15, 0.2) is 0 Å². The summed E-state index contributed by atoms with van der Waals surface area (Å²) < 4.78 is 31.6. The number of aliphatic hydroxyl groups is 1. The zero-order valence-corrected chi connectivity index (χ0v) is 7.47. The Labute approximate surface area is 74.6 Å². The highest BCUT2D eigenvalue weighted by Gasteiger charge is 2.16. The van der Waals surface area contributed by atoms with Gasteiger partial charge < -0.3 is 15.9 Å². The first-order valence-corrected chi connectivity index (χ1v) is 4.31. The lowest BCUT2D eigenvalue weighted by atomic mass is 10.2. The zero-order chi connectivity index (χ0) is 11.2. The molecule has 0 saturated heterocycles. The lowest BCUT2D eigenvalue weighted by molar-refractivity contribution is -0.140. The van der Waals surface area contributed by atoms with E-state index in [9.17, 15) is 4.79 Å². The summed E-state index contributed by atoms with van der Waals surface area (Å²) in [7, 11) is -4.67. The molecule has 0 spiro atoms. The molecule has 0 unspecified atom stereocenters. The van der Waals surface area contributed by atoms with Gasteiger partial charge >= 0.3 is 16.4 Å². The Kier molecular flexibility index (Phi) is 6.62. The van der Waals surface area contributed by atoms with Crippen LogP contribution in [0.25, 0.3) is 0 Å². The van der Waals surface area contributed by atoms with E-state index in [1.54, 1.807) is 0 Å². The molecule has 0 radical (unpaired) electrons. The molecule has 0 bridgehead atoms. The van der Waals surface area contributed by atoms with Gasteiger partial charge in [0.2, 0.25) is 0 Å². The standard InChI is InChI=1S/C4H9NO3.H2O4S/c1-2(6)3(5)4(7)8;1-5(2,3)4/h2-3,6H,5H2,1H3,(H,7,8);(H2,1,2,3,4)/t2-,3+;/m1./s1. The van der Waals surface area contributed by atoms with Gasteiger partial charge in [-0.1, -0.05) is 0 Å². The van der Waals surface area contributed by atoms with Gasteiger partial charge in [0.1, 0.15) is 6.04 Å². The third-order valence-electron chi connectivity index (χ3n) is 0.805. The highest BCUT2D eigenvalue weighted by atomic mass is 32.3. The van der Waals surface area contributed by atoms with Crippen LogP contribution in [0.15, 0.2) is 0 Å². The van der Waals surface area contributed by atoms with E-state index in [-0.39, 0.29) is 0 Å². The van der Waals surface area contributed by atoms with Crippen molar-refractivity contribution in [2.75, 3.05) is 0 Å². The number of carboxylic acids is 1. The van der Waals surface area contributed by atoms with Crippen LogP contribution in [0.3, 0.4) is 0 Å². The fourth-order valence-corrected chi connectivity index (χ4v) is 0.206. The second kappa shape index (κ2) is 5.83. The molecule has 2 atom stereocenters. The van der Waals surface area contributed by atoms with E-state index >= 15 is 0 Å². The van der Waals surface area contributed by atoms with Crippen LogP contribution < -0.4 is 5.73 Å². The van der Waals surface area contributed by atoms with E-state index in [1.807, 2.05) is 0 Å². The number of nitrogens with two attached hydrogens (primary N) is 1. The molecule has 0 aliphatic rings. The number of hydrogen-bond donors (Lipinski definition) is 5. The Morgan fingerprint density at radius 3 is 1.62 bits per heavy atom. The van der Waals surface area contributed by atoms with Gasteiger partial charge in [-0.05, 0) is 6.92 Å². The molecule has 0 rings (SSSR count). The third kappa shape index (κ3) is 18.3. The van der Waals surface area contributed by atoms with Crippen molar-refractivity contribution in [3.05, 3.63) is 0 Å². The molecule has 0 aliphatic heterocycles. The Hall–Kier alpha value is -0.740. The van der Waals surface area contributed by atoms with Crippen molar-refractivity contribution >= 4 is 16.4 Å². The summed E-state index contributed by atoms with van der Waals surface area (Å²) in [5.41, 5.74) is 4.91. The summed E-state index contributed by atoms with van der Waals surface area (Å²) in [5.74, 6) is -1.18. The number of carbonyl (C=O) groups is 1. The average molecular weight is 217 g/mol. The van der Waals surface area contributed by atoms with Gasteiger partial charge in [-0.25, -0.2) is 0 Å². The predicted octanol–water partition coefficient (Wildman–Crippen LogP) is -1.87. The monoisotopic (exact) mass is 217 g/mol. The van der Waals surface area contributed by atoms with Crippen molar-refractivity contribution in [1.29, 1.82) is 0 Å². The molecule has 0 fully saturated rings. The van der Waals surface area contributed by atoms with Crippen LogP contribution >= 0.6 is 0 Å². The van der Waals surface area contributed by atoms with E-state index in [2.05, 4.69) is 0 Å². The summed E-state index contributed by atoms with van der Waals surface area (Å²) >= 11 is 0. The second-order valence-corrected chi connectivity index (χ2v) is 2.95. The molecule has 0 aliphatic carbocycles. The highest BCUT2D eigenvalue weighted by molar-refractivity contribution is 7.79. The van der Waals surface area contributed by atoms with E-state index < -0.39 is 28.5 Å². The molecular weight excluding hydrogens is 206 g/mol. The van der Waals surface area contributed by atoms with Gasteiger partial charge in [0, 0.05) is 0 Å². The first kappa shape index (κ1) is 14.8. The minimum atomic E-state index is -4.67. The molecule has 0 saturated carbocycles. The SMILES string of the molecule is C[C@@H](O)[C@H](N)C(=O)O.O=S(=O)(O)O. The minimum absolute atomic E-state index is 0.979. The summed E-state index contributed by atoms with van der Waals surface area (Å²) in [6, 6.07) is -1.16. The first-order chi connectivity index (χ1) is 5.55. The van der Waals surface area contributed by atoms with Crippen molar-refractivity contribution in [3.63, 3.8) is 0 Å². The maximum Gasteiger partial charge on any atom is 0.394 e. The predicted molar refractivity (Wildman–Crippen MR) is 41.5 cm³/mol. The molecule has 9 heteroatoms. The highest BCUT2D eigenvalue weighted by Crippen LogP contribution is 1.85. The lowest BCUT2D eigenvalue weighted by Gasteiger charge is -2.06. The fraction of sp³-hybridized carbons (Fsp3) is 0.750. The van der Waals surface area contributed by atoms with Gasteiger partial charge in [0.05, 0.1) is 6.10 Å². The average Bonchev–Trinajstić information content (AvgIpc) is 1.81. The molecule has 13 heavy (non-hydrogen) atoms. The molecule has 0 aromatic heterocycles. The number of carboxylic acid groups (broad SMARTS) is 1. The topological polar surface area (TPSA) is 158 Å². The Bertz CT molecular complexity index is 237. The van der Waals surface area contributed by atoms with Crippen molar-refractivity contribution in [2.45, 2.75) is 19.1 Å². The largest absolute Gasteiger partial charge is 0.480 e. The molecule has 0 heterocycles. The molecule has 0 aromatic rings. The maximum atomic E-state index is 9.86. The van der Waals surface area contributed by atoms with Crippen LogP contribution in [0.1, 0.15) is 6.92 Å². The molecule has 6 N–H and O–H groups in total. The lowest BCUT2D eigenvalue weighted by Crippen LogP contribution is -2.39. The molecular formula is C4H11NO7S. The van der Waals surface area contributed by atoms with E-state index in [4.69, 9.17) is 33.5 Å². The van der Waals surface area contributed by atoms with Gasteiger partial charge in [-0.3, -0.25) is 13.9 Å². The van der Waals surface area contributed by atoms with Crippen molar-refractivity contribution in [2.24, 2.45) is 5.73 Å². The fourth-order valence-electron chi connectivity index (χ4n) is 0.206. The van der Waals surface area contributed by atoms with Crippen LogP contribution in [0, 0.1) is 0 Å². The molecule has 80 valence electrons. The van der Waals surface area contributed by atoms with Crippen molar-refractivity contribution < 1.29 is 32.5 Å². The van der Waals surface area contributed by atoms with Crippen molar-refractivity contribution in [3.8, 4) is 0 Å². The zero-order valence-electron chi connectivity index (χ0n) is 6.65. The smallest absolute Gasteiger partial charge is 0.394 e. The van der Waals surface area contributed by atoms with E-state index in [0.29, 0.717) is 0 Å². The van der Waals surface area contributed by atoms with Gasteiger partial charge in [-0.2, -0.15) is 8.42 Å². The van der Waals surface area contributed by atoms with Gasteiger partial charge in [0.25, 0.3) is 0 Å². The molecule has 8 nitrogen and oxygen atoms in total. The third-order valence-corrected chi connectivity index (χ3v) is 0.805. The second-order valence-electron chi connectivity index (χ2n) is 2.05. The number of rotatable bonds is 2. The summed E-state index contributed by atoms with van der Waals surface area (Å²) in [6.07, 6.45) is -0.979. The van der Waals surface area contributed by atoms with Crippen LogP contribution in [-0.4, -0.2) is 45.9 Å². The van der Waals surface area contributed by atoms with Crippen LogP contribution in [0.4, 0.5) is 0 Å². The number of hydrogen-bond acceptors (Lipinski definition) is 5. The van der Waals surface area contributed by atoms with Crippen molar-refractivity contribution in [1.82, 2.24) is 0 Å². The van der Waals surface area contributed by atoms with Crippen LogP contribution in [-0.2, 0) is 15.2 Å². The Morgan fingerprint density at radius 2 is 1.62 bits per heavy atom. The molecule has 0 aromatic carbocycles. The summed E-state index contributed by atoms with van der Waals surface area (Å²) in [5, 5.41) is 16.6. The normalized spacial score (nSPS) is 15.2. The van der Waals surface area contributed by atoms with Gasteiger partial charge in [-0.15, -0.1) is 0 Å². The quantitative estimate of drug-likeness (QED) is 0.336. The summed E-state index contributed by atoms with van der Waals surface area (Å²) in [6.45, 7) is 1.33. The molecule has 0 amide bonds. The number of aliphatic hydroxyl groups excluding tert-OH is 1. The van der Waals surface area contributed by atoms with Crippen LogP contribution in [0.5, 0.6) is 0 Å². The number of aliphatic carboxylic acids is 1. The Balaban J connectivity index is 0. The van der Waals surface area contributed by atoms with E-state index in [0.717, 1.165) is 0 Å². The summed E-state index contributed by atoms with van der Waals surface area (Å²) in [4.78, 5) is 9.86. The maximum absolute atomic E-state index is 9.86. The van der Waals surface area contributed by atoms with E-state index in [1.165, 1.54) is 6.92 Å². The Morgan fingerprint density at radius 1 is 1.38 bits per heavy atom.